The maximum Gasteiger partial charge on any atom is 0.261 e. The van der Waals surface area contributed by atoms with Crippen LogP contribution >= 0.6 is 11.3 Å². The van der Waals surface area contributed by atoms with Gasteiger partial charge in [-0.2, -0.15) is 0 Å². The van der Waals surface area contributed by atoms with E-state index in [2.05, 4.69) is 33.1 Å². The fourth-order valence-electron chi connectivity index (χ4n) is 3.88. The molecule has 1 saturated heterocycles. The van der Waals surface area contributed by atoms with Gasteiger partial charge in [-0.15, -0.1) is 11.3 Å². The standard InChI is InChI=1S/C22H26N4O2S/c1-24-16-17(18-5-2-3-6-19(18)24)15-21(27)26-12-10-25(11-13-26)9-8-23-22(28)20-7-4-14-29-20/h2-7,14,16H,8-13,15H2,1H3,(H,23,28). The summed E-state index contributed by atoms with van der Waals surface area (Å²) >= 11 is 1.45. The zero-order chi connectivity index (χ0) is 20.2. The lowest BCUT2D eigenvalue weighted by molar-refractivity contribution is -0.132. The molecule has 0 atom stereocenters. The number of carbonyl (C=O) groups excluding carboxylic acids is 2. The zero-order valence-electron chi connectivity index (χ0n) is 16.6. The number of nitrogens with one attached hydrogen (secondary N) is 1. The van der Waals surface area contributed by atoms with Crippen molar-refractivity contribution < 1.29 is 9.59 Å². The van der Waals surface area contributed by atoms with Crippen molar-refractivity contribution in [3.8, 4) is 0 Å². The highest BCUT2D eigenvalue weighted by Gasteiger charge is 2.22. The van der Waals surface area contributed by atoms with Gasteiger partial charge in [0.25, 0.3) is 5.91 Å². The molecule has 0 unspecified atom stereocenters. The van der Waals surface area contributed by atoms with Crippen molar-refractivity contribution in [3.63, 3.8) is 0 Å². The summed E-state index contributed by atoms with van der Waals surface area (Å²) in [6.45, 7) is 4.60. The van der Waals surface area contributed by atoms with E-state index in [4.69, 9.17) is 0 Å². The average molecular weight is 411 g/mol. The maximum atomic E-state index is 12.8. The van der Waals surface area contributed by atoms with Crippen LogP contribution in [0.1, 0.15) is 15.2 Å². The minimum atomic E-state index is -0.0103. The van der Waals surface area contributed by atoms with Gasteiger partial charge < -0.3 is 14.8 Å². The van der Waals surface area contributed by atoms with Gasteiger partial charge in [0.1, 0.15) is 0 Å². The Balaban J connectivity index is 1.24. The van der Waals surface area contributed by atoms with Crippen molar-refractivity contribution in [3.05, 3.63) is 58.4 Å². The van der Waals surface area contributed by atoms with Crippen LogP contribution in [-0.4, -0.2) is 65.4 Å². The molecule has 1 aliphatic rings. The molecule has 0 bridgehead atoms. The number of carbonyl (C=O) groups is 2. The van der Waals surface area contributed by atoms with E-state index in [0.717, 1.165) is 54.1 Å². The van der Waals surface area contributed by atoms with Crippen LogP contribution in [0.5, 0.6) is 0 Å². The second-order valence-corrected chi connectivity index (χ2v) is 8.36. The van der Waals surface area contributed by atoms with E-state index >= 15 is 0 Å². The monoisotopic (exact) mass is 410 g/mol. The highest BCUT2D eigenvalue weighted by molar-refractivity contribution is 7.12. The van der Waals surface area contributed by atoms with E-state index in [1.54, 1.807) is 0 Å². The molecule has 2 aromatic heterocycles. The van der Waals surface area contributed by atoms with Gasteiger partial charge in [-0.1, -0.05) is 24.3 Å². The molecule has 1 N–H and O–H groups in total. The van der Waals surface area contributed by atoms with Crippen molar-refractivity contribution in [1.82, 2.24) is 19.7 Å². The lowest BCUT2D eigenvalue weighted by Crippen LogP contribution is -2.50. The Morgan fingerprint density at radius 2 is 1.86 bits per heavy atom. The van der Waals surface area contributed by atoms with Crippen LogP contribution in [-0.2, 0) is 18.3 Å². The third-order valence-corrected chi connectivity index (χ3v) is 6.37. The van der Waals surface area contributed by atoms with Gasteiger partial charge in [-0.3, -0.25) is 14.5 Å². The Hall–Kier alpha value is -2.64. The number of para-hydroxylation sites is 1. The number of fused-ring (bicyclic) bond motifs is 1. The Morgan fingerprint density at radius 3 is 2.62 bits per heavy atom. The molecule has 0 aliphatic carbocycles. The van der Waals surface area contributed by atoms with Crippen LogP contribution < -0.4 is 5.32 Å². The summed E-state index contributed by atoms with van der Waals surface area (Å²) in [6, 6.07) is 11.9. The molecule has 0 radical (unpaired) electrons. The molecule has 2 amide bonds. The van der Waals surface area contributed by atoms with Gasteiger partial charge in [0.2, 0.25) is 5.91 Å². The van der Waals surface area contributed by atoms with Crippen molar-refractivity contribution in [2.75, 3.05) is 39.3 Å². The molecule has 1 fully saturated rings. The predicted octanol–water partition coefficient (Wildman–Crippen LogP) is 2.36. The Morgan fingerprint density at radius 1 is 1.07 bits per heavy atom. The molecule has 3 aromatic rings. The summed E-state index contributed by atoms with van der Waals surface area (Å²) < 4.78 is 2.08. The molecular formula is C22H26N4O2S. The maximum absolute atomic E-state index is 12.8. The number of benzene rings is 1. The number of amides is 2. The Bertz CT molecular complexity index is 988. The minimum absolute atomic E-state index is 0.0103. The van der Waals surface area contributed by atoms with Crippen LogP contribution in [0.3, 0.4) is 0 Å². The molecule has 7 heteroatoms. The number of thiophene rings is 1. The number of aromatic nitrogens is 1. The number of piperazine rings is 1. The van der Waals surface area contributed by atoms with Crippen LogP contribution in [0.15, 0.2) is 48.0 Å². The summed E-state index contributed by atoms with van der Waals surface area (Å²) in [7, 11) is 2.02. The third kappa shape index (κ3) is 4.52. The van der Waals surface area contributed by atoms with Gasteiger partial charge in [0, 0.05) is 63.4 Å². The summed E-state index contributed by atoms with van der Waals surface area (Å²) in [5.74, 6) is 0.177. The molecule has 152 valence electrons. The molecule has 3 heterocycles. The number of aryl methyl sites for hydroxylation is 1. The quantitative estimate of drug-likeness (QED) is 0.679. The van der Waals surface area contributed by atoms with Crippen molar-refractivity contribution in [1.29, 1.82) is 0 Å². The van der Waals surface area contributed by atoms with Gasteiger partial charge in [-0.25, -0.2) is 0 Å². The first-order valence-electron chi connectivity index (χ1n) is 9.96. The van der Waals surface area contributed by atoms with Gasteiger partial charge in [0.05, 0.1) is 11.3 Å². The van der Waals surface area contributed by atoms with Gasteiger partial charge in [0.15, 0.2) is 0 Å². The fourth-order valence-corrected chi connectivity index (χ4v) is 4.52. The molecule has 1 aliphatic heterocycles. The number of hydrogen-bond donors (Lipinski definition) is 1. The number of nitrogens with zero attached hydrogens (tertiary/aromatic N) is 3. The topological polar surface area (TPSA) is 57.6 Å². The normalized spacial score (nSPS) is 15.0. The van der Waals surface area contributed by atoms with E-state index in [1.165, 1.54) is 11.3 Å². The van der Waals surface area contributed by atoms with E-state index in [9.17, 15) is 9.59 Å². The molecule has 6 nitrogen and oxygen atoms in total. The largest absolute Gasteiger partial charge is 0.350 e. The summed E-state index contributed by atoms with van der Waals surface area (Å²) in [5, 5.41) is 6.03. The van der Waals surface area contributed by atoms with Crippen molar-refractivity contribution in [2.45, 2.75) is 6.42 Å². The number of rotatable bonds is 6. The zero-order valence-corrected chi connectivity index (χ0v) is 17.5. The smallest absolute Gasteiger partial charge is 0.261 e. The highest BCUT2D eigenvalue weighted by atomic mass is 32.1. The second-order valence-electron chi connectivity index (χ2n) is 7.41. The number of hydrogen-bond acceptors (Lipinski definition) is 4. The van der Waals surface area contributed by atoms with E-state index in [-0.39, 0.29) is 11.8 Å². The summed E-state index contributed by atoms with van der Waals surface area (Å²) in [6.07, 6.45) is 2.51. The van der Waals surface area contributed by atoms with E-state index < -0.39 is 0 Å². The molecule has 1 aromatic carbocycles. The molecule has 4 rings (SSSR count). The highest BCUT2D eigenvalue weighted by Crippen LogP contribution is 2.21. The van der Waals surface area contributed by atoms with Crippen LogP contribution in [0.25, 0.3) is 10.9 Å². The average Bonchev–Trinajstić information content (AvgIpc) is 3.38. The minimum Gasteiger partial charge on any atom is -0.350 e. The first-order valence-corrected chi connectivity index (χ1v) is 10.8. The summed E-state index contributed by atoms with van der Waals surface area (Å²) in [4.78, 5) is 29.8. The van der Waals surface area contributed by atoms with Crippen LogP contribution in [0.2, 0.25) is 0 Å². The van der Waals surface area contributed by atoms with Crippen LogP contribution in [0.4, 0.5) is 0 Å². The summed E-state index contributed by atoms with van der Waals surface area (Å²) in [5.41, 5.74) is 2.25. The van der Waals surface area contributed by atoms with Crippen LogP contribution in [0, 0.1) is 0 Å². The molecular weight excluding hydrogens is 384 g/mol. The molecule has 0 spiro atoms. The first-order chi connectivity index (χ1) is 14.1. The van der Waals surface area contributed by atoms with Gasteiger partial charge in [-0.05, 0) is 23.1 Å². The van der Waals surface area contributed by atoms with Crippen molar-refractivity contribution >= 4 is 34.1 Å². The lowest BCUT2D eigenvalue weighted by Gasteiger charge is -2.34. The Kier molecular flexibility index (Phi) is 5.97. The SMILES string of the molecule is Cn1cc(CC(=O)N2CCN(CCNC(=O)c3cccs3)CC2)c2ccccc21. The van der Waals surface area contributed by atoms with E-state index in [0.29, 0.717) is 13.0 Å². The predicted molar refractivity (Wildman–Crippen MR) is 116 cm³/mol. The molecule has 29 heavy (non-hydrogen) atoms. The fraction of sp³-hybridized carbons (Fsp3) is 0.364. The second kappa shape index (κ2) is 8.80. The third-order valence-electron chi connectivity index (χ3n) is 5.50. The first kappa shape index (κ1) is 19.7. The van der Waals surface area contributed by atoms with Crippen molar-refractivity contribution in [2.24, 2.45) is 7.05 Å². The lowest BCUT2D eigenvalue weighted by atomic mass is 10.1. The van der Waals surface area contributed by atoms with Gasteiger partial charge >= 0.3 is 0 Å². The van der Waals surface area contributed by atoms with E-state index in [1.807, 2.05) is 41.6 Å². The Labute approximate surface area is 174 Å². The molecule has 0 saturated carbocycles.